The minimum absolute atomic E-state index is 0.233. The lowest BCUT2D eigenvalue weighted by atomic mass is 9.79. The summed E-state index contributed by atoms with van der Waals surface area (Å²) in [6.07, 6.45) is -0.435. The van der Waals surface area contributed by atoms with Gasteiger partial charge in [0.2, 0.25) is 0 Å². The van der Waals surface area contributed by atoms with Crippen LogP contribution in [0.15, 0.2) is 18.2 Å². The molecule has 1 amide bonds. The molecule has 0 aliphatic carbocycles. The summed E-state index contributed by atoms with van der Waals surface area (Å²) in [5.74, 6) is 0.243. The van der Waals surface area contributed by atoms with Crippen LogP contribution >= 0.6 is 0 Å². The molecule has 4 heteroatoms. The number of para-hydroxylation sites is 1. The Labute approximate surface area is 101 Å². The van der Waals surface area contributed by atoms with E-state index in [2.05, 4.69) is 5.32 Å². The van der Waals surface area contributed by atoms with E-state index in [4.69, 9.17) is 4.74 Å². The maximum absolute atomic E-state index is 11.3. The van der Waals surface area contributed by atoms with Gasteiger partial charge in [0.05, 0.1) is 6.04 Å². The molecule has 2 rings (SSSR count). The molecule has 0 unspecified atom stereocenters. The first-order chi connectivity index (χ1) is 7.92. The molecule has 1 aromatic carbocycles. The van der Waals surface area contributed by atoms with Gasteiger partial charge in [-0.25, -0.2) is 4.79 Å². The van der Waals surface area contributed by atoms with E-state index >= 15 is 0 Å². The number of hydrogen-bond donors (Lipinski definition) is 2. The maximum Gasteiger partial charge on any atom is 0.407 e. The number of hydrogen-bond acceptors (Lipinski definition) is 3. The quantitative estimate of drug-likeness (QED) is 0.786. The van der Waals surface area contributed by atoms with Crippen LogP contribution in [0.2, 0.25) is 0 Å². The highest BCUT2D eigenvalue weighted by molar-refractivity contribution is 5.69. The predicted molar refractivity (Wildman–Crippen MR) is 63.8 cm³/mol. The predicted octanol–water partition coefficient (Wildman–Crippen LogP) is 2.51. The van der Waals surface area contributed by atoms with Crippen molar-refractivity contribution in [3.8, 4) is 5.75 Å². The summed E-state index contributed by atoms with van der Waals surface area (Å²) in [7, 11) is 0. The molecule has 17 heavy (non-hydrogen) atoms. The number of phenolic OH excluding ortho intramolecular Hbond substituents is 1. The minimum atomic E-state index is -0.435. The number of cyclic esters (lactones) is 1. The Morgan fingerprint density at radius 3 is 2.88 bits per heavy atom. The summed E-state index contributed by atoms with van der Waals surface area (Å²) in [5, 5.41) is 12.8. The molecule has 0 aromatic heterocycles. The van der Waals surface area contributed by atoms with E-state index in [-0.39, 0.29) is 17.2 Å². The summed E-state index contributed by atoms with van der Waals surface area (Å²) in [5.41, 5.74) is 1.30. The molecule has 0 saturated carbocycles. The number of carbonyl (C=O) groups excluding carboxylic acids is 1. The Bertz CT molecular complexity index is 454. The van der Waals surface area contributed by atoms with Gasteiger partial charge in [-0.1, -0.05) is 32.0 Å². The zero-order chi connectivity index (χ0) is 12.6. The van der Waals surface area contributed by atoms with Gasteiger partial charge in [-0.2, -0.15) is 0 Å². The molecule has 0 radical (unpaired) electrons. The molecule has 1 aliphatic rings. The van der Waals surface area contributed by atoms with Crippen LogP contribution in [0, 0.1) is 12.3 Å². The topological polar surface area (TPSA) is 58.6 Å². The highest BCUT2D eigenvalue weighted by atomic mass is 16.6. The average Bonchev–Trinajstić information content (AvgIpc) is 2.26. The van der Waals surface area contributed by atoms with E-state index in [0.29, 0.717) is 6.61 Å². The normalized spacial score (nSPS) is 22.8. The Morgan fingerprint density at radius 1 is 1.47 bits per heavy atom. The van der Waals surface area contributed by atoms with Crippen LogP contribution in [-0.2, 0) is 4.74 Å². The molecule has 2 N–H and O–H groups in total. The van der Waals surface area contributed by atoms with Crippen molar-refractivity contribution in [1.82, 2.24) is 5.32 Å². The van der Waals surface area contributed by atoms with Gasteiger partial charge in [0.15, 0.2) is 0 Å². The van der Waals surface area contributed by atoms with E-state index in [1.165, 1.54) is 0 Å². The number of ether oxygens (including phenoxy) is 1. The van der Waals surface area contributed by atoms with E-state index in [0.717, 1.165) is 11.1 Å². The first-order valence-electron chi connectivity index (χ1n) is 5.63. The van der Waals surface area contributed by atoms with Crippen molar-refractivity contribution < 1.29 is 14.6 Å². The van der Waals surface area contributed by atoms with Gasteiger partial charge in [-0.3, -0.25) is 0 Å². The third-order valence-corrected chi connectivity index (χ3v) is 3.20. The Kier molecular flexibility index (Phi) is 2.73. The lowest BCUT2D eigenvalue weighted by molar-refractivity contribution is 0.0381. The summed E-state index contributed by atoms with van der Waals surface area (Å²) >= 11 is 0. The fourth-order valence-corrected chi connectivity index (χ4v) is 2.10. The number of aryl methyl sites for hydroxylation is 1. The van der Waals surface area contributed by atoms with E-state index in [1.54, 1.807) is 0 Å². The zero-order valence-electron chi connectivity index (χ0n) is 10.3. The second kappa shape index (κ2) is 3.95. The highest BCUT2D eigenvalue weighted by Crippen LogP contribution is 2.40. The molecule has 1 aromatic rings. The number of rotatable bonds is 1. The molecule has 0 spiro atoms. The number of nitrogens with one attached hydrogen (secondary N) is 1. The summed E-state index contributed by atoms with van der Waals surface area (Å²) in [6, 6.07) is 5.32. The number of carbonyl (C=O) groups is 1. The third-order valence-electron chi connectivity index (χ3n) is 3.20. The largest absolute Gasteiger partial charge is 0.507 e. The van der Waals surface area contributed by atoms with Gasteiger partial charge in [-0.15, -0.1) is 0 Å². The second-order valence-corrected chi connectivity index (χ2v) is 5.15. The van der Waals surface area contributed by atoms with Crippen molar-refractivity contribution in [2.75, 3.05) is 6.61 Å². The van der Waals surface area contributed by atoms with Crippen LogP contribution in [0.25, 0.3) is 0 Å². The molecular weight excluding hydrogens is 218 g/mol. The number of phenols is 1. The van der Waals surface area contributed by atoms with Crippen molar-refractivity contribution in [2.24, 2.45) is 5.41 Å². The fourth-order valence-electron chi connectivity index (χ4n) is 2.10. The van der Waals surface area contributed by atoms with Crippen molar-refractivity contribution >= 4 is 6.09 Å². The number of amides is 1. The molecule has 1 saturated heterocycles. The van der Waals surface area contributed by atoms with Gasteiger partial charge >= 0.3 is 6.09 Å². The van der Waals surface area contributed by atoms with Crippen molar-refractivity contribution in [1.29, 1.82) is 0 Å². The summed E-state index contributed by atoms with van der Waals surface area (Å²) in [6.45, 7) is 6.18. The first-order valence-corrected chi connectivity index (χ1v) is 5.63. The lowest BCUT2D eigenvalue weighted by Crippen LogP contribution is -2.46. The fraction of sp³-hybridized carbons (Fsp3) is 0.462. The molecular formula is C13H17NO3. The molecule has 92 valence electrons. The van der Waals surface area contributed by atoms with Crippen LogP contribution in [-0.4, -0.2) is 17.8 Å². The summed E-state index contributed by atoms with van der Waals surface area (Å²) < 4.78 is 4.98. The Hall–Kier alpha value is -1.71. The van der Waals surface area contributed by atoms with Crippen LogP contribution in [0.4, 0.5) is 4.79 Å². The Balaban J connectivity index is 2.43. The van der Waals surface area contributed by atoms with Crippen LogP contribution in [0.5, 0.6) is 5.75 Å². The first kappa shape index (κ1) is 11.8. The van der Waals surface area contributed by atoms with Gasteiger partial charge in [0.25, 0.3) is 0 Å². The van der Waals surface area contributed by atoms with E-state index < -0.39 is 6.09 Å². The second-order valence-electron chi connectivity index (χ2n) is 5.15. The van der Waals surface area contributed by atoms with E-state index in [9.17, 15) is 9.90 Å². The van der Waals surface area contributed by atoms with Crippen LogP contribution in [0.1, 0.15) is 31.0 Å². The molecule has 4 nitrogen and oxygen atoms in total. The Morgan fingerprint density at radius 2 is 2.18 bits per heavy atom. The average molecular weight is 235 g/mol. The third kappa shape index (κ3) is 2.07. The number of benzene rings is 1. The van der Waals surface area contributed by atoms with Gasteiger partial charge in [-0.05, 0) is 12.5 Å². The maximum atomic E-state index is 11.3. The smallest absolute Gasteiger partial charge is 0.407 e. The van der Waals surface area contributed by atoms with Gasteiger partial charge < -0.3 is 15.2 Å². The molecule has 1 aliphatic heterocycles. The van der Waals surface area contributed by atoms with Crippen molar-refractivity contribution in [2.45, 2.75) is 26.8 Å². The molecule has 1 atom stereocenters. The standard InChI is InChI=1S/C13H17NO3/c1-8-5-4-6-9(10(8)15)11-13(2,3)7-17-12(16)14-11/h4-6,11,15H,7H2,1-3H3,(H,14,16)/t11-/m0/s1. The van der Waals surface area contributed by atoms with Crippen LogP contribution < -0.4 is 5.32 Å². The molecule has 0 bridgehead atoms. The number of alkyl carbamates (subject to hydrolysis) is 1. The van der Waals surface area contributed by atoms with Crippen molar-refractivity contribution in [3.63, 3.8) is 0 Å². The van der Waals surface area contributed by atoms with Gasteiger partial charge in [0, 0.05) is 11.0 Å². The molecule has 1 heterocycles. The van der Waals surface area contributed by atoms with Crippen LogP contribution in [0.3, 0.4) is 0 Å². The zero-order valence-corrected chi connectivity index (χ0v) is 10.3. The highest BCUT2D eigenvalue weighted by Gasteiger charge is 2.39. The lowest BCUT2D eigenvalue weighted by Gasteiger charge is -2.38. The minimum Gasteiger partial charge on any atom is -0.507 e. The van der Waals surface area contributed by atoms with Gasteiger partial charge in [0.1, 0.15) is 12.4 Å². The SMILES string of the molecule is Cc1cccc([C@@H]2NC(=O)OCC2(C)C)c1O. The van der Waals surface area contributed by atoms with E-state index in [1.807, 2.05) is 39.0 Å². The monoisotopic (exact) mass is 235 g/mol. The van der Waals surface area contributed by atoms with Crippen molar-refractivity contribution in [3.05, 3.63) is 29.3 Å². The molecule has 1 fully saturated rings. The number of aromatic hydroxyl groups is 1. The summed E-state index contributed by atoms with van der Waals surface area (Å²) in [4.78, 5) is 11.3.